The predicted octanol–water partition coefficient (Wildman–Crippen LogP) is 1.12. The molecule has 0 saturated heterocycles. The van der Waals surface area contributed by atoms with Crippen LogP contribution in [0.5, 0.6) is 0 Å². The number of carbonyl (C=O) groups excluding carboxylic acids is 1. The first-order valence-electron chi connectivity index (χ1n) is 9.29. The molecule has 0 aliphatic heterocycles. The third-order valence-corrected chi connectivity index (χ3v) is 6.59. The van der Waals surface area contributed by atoms with Crippen LogP contribution in [0.3, 0.4) is 0 Å². The quantitative estimate of drug-likeness (QED) is 0.555. The van der Waals surface area contributed by atoms with Crippen LogP contribution in [0.4, 0.5) is 0 Å². The molecule has 4 aliphatic rings. The van der Waals surface area contributed by atoms with E-state index in [1.54, 1.807) is 6.92 Å². The average molecular weight is 338 g/mol. The van der Waals surface area contributed by atoms with E-state index in [4.69, 9.17) is 10.8 Å². The van der Waals surface area contributed by atoms with E-state index in [1.807, 2.05) is 0 Å². The Morgan fingerprint density at radius 2 is 1.67 bits per heavy atom. The lowest BCUT2D eigenvalue weighted by atomic mass is 9.51. The summed E-state index contributed by atoms with van der Waals surface area (Å²) in [5.74, 6) is 2.24. The SMILES string of the molecule is CC(O)C(CC1C2CC3CC(C2)CC1C3)NC(=O)[C@@H](N)CC(=O)O. The minimum Gasteiger partial charge on any atom is -0.481 e. The summed E-state index contributed by atoms with van der Waals surface area (Å²) in [4.78, 5) is 22.8. The number of aliphatic hydroxyl groups is 1. The highest BCUT2D eigenvalue weighted by atomic mass is 16.4. The van der Waals surface area contributed by atoms with Crippen LogP contribution in [-0.4, -0.2) is 40.3 Å². The number of amides is 1. The van der Waals surface area contributed by atoms with Crippen molar-refractivity contribution in [1.29, 1.82) is 0 Å². The molecule has 0 aromatic carbocycles. The molecular formula is C18H30N2O4. The molecule has 24 heavy (non-hydrogen) atoms. The normalized spacial score (nSPS) is 37.7. The van der Waals surface area contributed by atoms with Crippen LogP contribution in [0, 0.1) is 29.6 Å². The summed E-state index contributed by atoms with van der Waals surface area (Å²) in [7, 11) is 0. The van der Waals surface area contributed by atoms with Crippen molar-refractivity contribution in [3.8, 4) is 0 Å². The number of carbonyl (C=O) groups is 2. The van der Waals surface area contributed by atoms with Gasteiger partial charge in [0.2, 0.25) is 5.91 Å². The van der Waals surface area contributed by atoms with E-state index < -0.39 is 30.4 Å². The second-order valence-electron chi connectivity index (χ2n) is 8.39. The zero-order valence-corrected chi connectivity index (χ0v) is 14.4. The van der Waals surface area contributed by atoms with Crippen molar-refractivity contribution in [3.05, 3.63) is 0 Å². The smallest absolute Gasteiger partial charge is 0.305 e. The first-order chi connectivity index (χ1) is 11.3. The number of carboxylic acid groups (broad SMARTS) is 1. The zero-order valence-electron chi connectivity index (χ0n) is 14.4. The second kappa shape index (κ2) is 7.00. The molecule has 6 nitrogen and oxygen atoms in total. The first kappa shape index (κ1) is 17.7. The van der Waals surface area contributed by atoms with Gasteiger partial charge in [0.25, 0.3) is 0 Å². The minimum absolute atomic E-state index is 0.347. The maximum absolute atomic E-state index is 12.1. The van der Waals surface area contributed by atoms with Gasteiger partial charge in [0.05, 0.1) is 24.6 Å². The molecule has 6 heteroatoms. The Morgan fingerprint density at radius 3 is 2.12 bits per heavy atom. The van der Waals surface area contributed by atoms with Crippen LogP contribution in [0.25, 0.3) is 0 Å². The molecule has 4 aliphatic carbocycles. The standard InChI is InChI=1S/C18H30N2O4/c1-9(21)16(20-18(24)15(19)8-17(22)23)7-14-12-3-10-2-11(5-12)6-13(14)4-10/h9-16,21H,2-8,19H2,1H3,(H,20,24)(H,22,23)/t9?,10?,11?,12?,13?,14?,15-,16?/m0/s1. The molecule has 136 valence electrons. The largest absolute Gasteiger partial charge is 0.481 e. The maximum atomic E-state index is 12.1. The molecule has 3 atom stereocenters. The van der Waals surface area contributed by atoms with Gasteiger partial charge in [0, 0.05) is 0 Å². The van der Waals surface area contributed by atoms with Crippen LogP contribution in [0.15, 0.2) is 0 Å². The highest BCUT2D eigenvalue weighted by Crippen LogP contribution is 2.57. The van der Waals surface area contributed by atoms with E-state index >= 15 is 0 Å². The molecule has 5 N–H and O–H groups in total. The molecule has 0 spiro atoms. The summed E-state index contributed by atoms with van der Waals surface area (Å²) in [6.45, 7) is 1.68. The summed E-state index contributed by atoms with van der Waals surface area (Å²) < 4.78 is 0. The number of aliphatic carboxylic acids is 1. The van der Waals surface area contributed by atoms with Crippen LogP contribution in [0.2, 0.25) is 0 Å². The van der Waals surface area contributed by atoms with Crippen molar-refractivity contribution >= 4 is 11.9 Å². The van der Waals surface area contributed by atoms with E-state index in [1.165, 1.54) is 32.1 Å². The van der Waals surface area contributed by atoms with Crippen molar-refractivity contribution in [3.63, 3.8) is 0 Å². The maximum Gasteiger partial charge on any atom is 0.305 e. The van der Waals surface area contributed by atoms with E-state index in [0.717, 1.165) is 30.1 Å². The summed E-state index contributed by atoms with van der Waals surface area (Å²) in [6.07, 6.45) is 6.33. The molecule has 0 aromatic rings. The highest BCUT2D eigenvalue weighted by molar-refractivity contribution is 5.86. The van der Waals surface area contributed by atoms with Gasteiger partial charge >= 0.3 is 5.97 Å². The molecule has 0 aromatic heterocycles. The van der Waals surface area contributed by atoms with Gasteiger partial charge < -0.3 is 21.3 Å². The summed E-state index contributed by atoms with van der Waals surface area (Å²) in [5, 5.41) is 21.7. The van der Waals surface area contributed by atoms with Gasteiger partial charge in [-0.15, -0.1) is 0 Å². The Balaban J connectivity index is 1.60. The number of carboxylic acids is 1. The predicted molar refractivity (Wildman–Crippen MR) is 89.0 cm³/mol. The molecule has 4 rings (SSSR count). The number of aliphatic hydroxyl groups excluding tert-OH is 1. The van der Waals surface area contributed by atoms with E-state index in [2.05, 4.69) is 5.32 Å². The Labute approximate surface area is 143 Å². The summed E-state index contributed by atoms with van der Waals surface area (Å²) in [6, 6.07) is -1.41. The van der Waals surface area contributed by atoms with Crippen molar-refractivity contribution < 1.29 is 19.8 Å². The Bertz CT molecular complexity index is 465. The van der Waals surface area contributed by atoms with Gasteiger partial charge in [-0.3, -0.25) is 9.59 Å². The van der Waals surface area contributed by atoms with E-state index in [9.17, 15) is 14.7 Å². The van der Waals surface area contributed by atoms with E-state index in [0.29, 0.717) is 5.92 Å². The molecule has 0 radical (unpaired) electrons. The highest BCUT2D eigenvalue weighted by Gasteiger charge is 2.48. The lowest BCUT2D eigenvalue weighted by molar-refractivity contribution is -0.139. The number of nitrogens with one attached hydrogen (secondary N) is 1. The Hall–Kier alpha value is -1.14. The van der Waals surface area contributed by atoms with Crippen molar-refractivity contribution in [1.82, 2.24) is 5.32 Å². The third-order valence-electron chi connectivity index (χ3n) is 6.59. The van der Waals surface area contributed by atoms with Gasteiger partial charge in [-0.1, -0.05) is 0 Å². The van der Waals surface area contributed by atoms with Crippen LogP contribution >= 0.6 is 0 Å². The Morgan fingerprint density at radius 1 is 1.12 bits per heavy atom. The van der Waals surface area contributed by atoms with Gasteiger partial charge in [0.15, 0.2) is 0 Å². The summed E-state index contributed by atoms with van der Waals surface area (Å²) >= 11 is 0. The van der Waals surface area contributed by atoms with Crippen molar-refractivity contribution in [2.75, 3.05) is 0 Å². The van der Waals surface area contributed by atoms with Gasteiger partial charge in [-0.2, -0.15) is 0 Å². The van der Waals surface area contributed by atoms with Crippen molar-refractivity contribution in [2.45, 2.75) is 70.1 Å². The fourth-order valence-corrected chi connectivity index (χ4v) is 5.66. The third kappa shape index (κ3) is 3.75. The van der Waals surface area contributed by atoms with Gasteiger partial charge in [-0.25, -0.2) is 0 Å². The molecule has 1 amide bonds. The first-order valence-corrected chi connectivity index (χ1v) is 9.29. The minimum atomic E-state index is -1.09. The molecular weight excluding hydrogens is 308 g/mol. The van der Waals surface area contributed by atoms with Crippen LogP contribution in [-0.2, 0) is 9.59 Å². The molecule has 4 bridgehead atoms. The van der Waals surface area contributed by atoms with Gasteiger partial charge in [-0.05, 0) is 75.0 Å². The number of hydrogen-bond donors (Lipinski definition) is 4. The second-order valence-corrected chi connectivity index (χ2v) is 8.39. The zero-order chi connectivity index (χ0) is 17.4. The number of hydrogen-bond acceptors (Lipinski definition) is 4. The van der Waals surface area contributed by atoms with Crippen LogP contribution < -0.4 is 11.1 Å². The van der Waals surface area contributed by atoms with E-state index in [-0.39, 0.29) is 6.04 Å². The molecule has 4 saturated carbocycles. The Kier molecular flexibility index (Phi) is 5.16. The van der Waals surface area contributed by atoms with Gasteiger partial charge in [0.1, 0.15) is 0 Å². The van der Waals surface area contributed by atoms with Crippen LogP contribution in [0.1, 0.15) is 51.9 Å². The topological polar surface area (TPSA) is 113 Å². The number of nitrogens with two attached hydrogens (primary N) is 1. The number of rotatable bonds is 7. The average Bonchev–Trinajstić information content (AvgIpc) is 2.47. The molecule has 4 fully saturated rings. The summed E-state index contributed by atoms with van der Waals surface area (Å²) in [5.41, 5.74) is 5.64. The fraction of sp³-hybridized carbons (Fsp3) is 0.889. The molecule has 0 heterocycles. The van der Waals surface area contributed by atoms with Crippen molar-refractivity contribution in [2.24, 2.45) is 35.3 Å². The molecule has 2 unspecified atom stereocenters. The monoisotopic (exact) mass is 338 g/mol. The lowest BCUT2D eigenvalue weighted by Gasteiger charge is -2.55. The lowest BCUT2D eigenvalue weighted by Crippen LogP contribution is -2.53. The fourth-order valence-electron chi connectivity index (χ4n) is 5.66.